The van der Waals surface area contributed by atoms with Crippen molar-refractivity contribution >= 4 is 11.8 Å². The Balaban J connectivity index is 2.35. The fourth-order valence-corrected chi connectivity index (χ4v) is 2.56. The van der Waals surface area contributed by atoms with Gasteiger partial charge in [0.25, 0.3) is 0 Å². The standard InChI is InChI=1S/C20H22O3/c1-20(2,3)16-11-9-14(10-12-16)17(13-18(21)22)19(23)15-7-5-4-6-8-15/h4-12,17H,13H2,1-3H3,(H,21,22). The van der Waals surface area contributed by atoms with Gasteiger partial charge >= 0.3 is 5.97 Å². The lowest BCUT2D eigenvalue weighted by atomic mass is 9.83. The van der Waals surface area contributed by atoms with Crippen molar-refractivity contribution in [3.05, 3.63) is 71.3 Å². The van der Waals surface area contributed by atoms with E-state index in [-0.39, 0.29) is 17.6 Å². The van der Waals surface area contributed by atoms with Crippen molar-refractivity contribution in [2.45, 2.75) is 38.5 Å². The fourth-order valence-electron chi connectivity index (χ4n) is 2.56. The number of Topliss-reactive ketones (excluding diaryl/α,β-unsaturated/α-hetero) is 1. The van der Waals surface area contributed by atoms with E-state index in [0.717, 1.165) is 11.1 Å². The topological polar surface area (TPSA) is 54.4 Å². The zero-order chi connectivity index (χ0) is 17.0. The number of carbonyl (C=O) groups is 2. The van der Waals surface area contributed by atoms with E-state index in [1.54, 1.807) is 24.3 Å². The molecular weight excluding hydrogens is 288 g/mol. The molecule has 3 heteroatoms. The summed E-state index contributed by atoms with van der Waals surface area (Å²) in [4.78, 5) is 23.9. The molecular formula is C20H22O3. The number of rotatable bonds is 5. The smallest absolute Gasteiger partial charge is 0.304 e. The van der Waals surface area contributed by atoms with Gasteiger partial charge in [0.05, 0.1) is 12.3 Å². The van der Waals surface area contributed by atoms with Gasteiger partial charge in [-0.25, -0.2) is 0 Å². The molecule has 2 aromatic carbocycles. The molecule has 0 spiro atoms. The lowest BCUT2D eigenvalue weighted by molar-refractivity contribution is -0.137. The van der Waals surface area contributed by atoms with Crippen molar-refractivity contribution < 1.29 is 14.7 Å². The van der Waals surface area contributed by atoms with Gasteiger partial charge in [-0.3, -0.25) is 9.59 Å². The Morgan fingerprint density at radius 2 is 1.52 bits per heavy atom. The van der Waals surface area contributed by atoms with Gasteiger partial charge in [0, 0.05) is 5.56 Å². The normalized spacial score (nSPS) is 12.7. The van der Waals surface area contributed by atoms with Crippen LogP contribution in [-0.4, -0.2) is 16.9 Å². The van der Waals surface area contributed by atoms with Crippen LogP contribution in [0.15, 0.2) is 54.6 Å². The second-order valence-electron chi connectivity index (χ2n) is 6.75. The average molecular weight is 310 g/mol. The molecule has 0 aliphatic heterocycles. The molecule has 0 aliphatic rings. The maximum atomic E-state index is 12.7. The molecule has 0 radical (unpaired) electrons. The molecule has 0 aromatic heterocycles. The molecule has 0 heterocycles. The van der Waals surface area contributed by atoms with Crippen LogP contribution in [0.2, 0.25) is 0 Å². The molecule has 0 saturated heterocycles. The lowest BCUT2D eigenvalue weighted by Crippen LogP contribution is -2.17. The predicted octanol–water partition coefficient (Wildman–Crippen LogP) is 4.43. The Morgan fingerprint density at radius 1 is 0.957 bits per heavy atom. The van der Waals surface area contributed by atoms with Gasteiger partial charge in [-0.05, 0) is 16.5 Å². The van der Waals surface area contributed by atoms with Gasteiger partial charge in [-0.15, -0.1) is 0 Å². The second-order valence-corrected chi connectivity index (χ2v) is 6.75. The van der Waals surface area contributed by atoms with Crippen molar-refractivity contribution in [3.8, 4) is 0 Å². The van der Waals surface area contributed by atoms with Gasteiger partial charge in [-0.1, -0.05) is 75.4 Å². The maximum absolute atomic E-state index is 12.7. The van der Waals surface area contributed by atoms with Crippen molar-refractivity contribution in [3.63, 3.8) is 0 Å². The number of hydrogen-bond donors (Lipinski definition) is 1. The molecule has 0 saturated carbocycles. The highest BCUT2D eigenvalue weighted by Crippen LogP contribution is 2.28. The van der Waals surface area contributed by atoms with E-state index in [1.165, 1.54) is 0 Å². The minimum atomic E-state index is -0.973. The number of carbonyl (C=O) groups excluding carboxylic acids is 1. The Hall–Kier alpha value is -2.42. The molecule has 2 rings (SSSR count). The van der Waals surface area contributed by atoms with E-state index < -0.39 is 11.9 Å². The molecule has 1 N–H and O–H groups in total. The van der Waals surface area contributed by atoms with Gasteiger partial charge in [-0.2, -0.15) is 0 Å². The van der Waals surface area contributed by atoms with Gasteiger partial charge in [0.1, 0.15) is 0 Å². The highest BCUT2D eigenvalue weighted by atomic mass is 16.4. The molecule has 1 unspecified atom stereocenters. The van der Waals surface area contributed by atoms with Crippen molar-refractivity contribution in [1.29, 1.82) is 0 Å². The molecule has 3 nitrogen and oxygen atoms in total. The van der Waals surface area contributed by atoms with Gasteiger partial charge in [0.15, 0.2) is 5.78 Å². The van der Waals surface area contributed by atoms with Crippen LogP contribution in [0.1, 0.15) is 54.6 Å². The summed E-state index contributed by atoms with van der Waals surface area (Å²) >= 11 is 0. The summed E-state index contributed by atoms with van der Waals surface area (Å²) in [5, 5.41) is 9.17. The zero-order valence-electron chi connectivity index (χ0n) is 13.7. The Morgan fingerprint density at radius 3 is 2.00 bits per heavy atom. The van der Waals surface area contributed by atoms with E-state index in [2.05, 4.69) is 20.8 Å². The maximum Gasteiger partial charge on any atom is 0.304 e. The molecule has 23 heavy (non-hydrogen) atoms. The van der Waals surface area contributed by atoms with Gasteiger partial charge in [0.2, 0.25) is 0 Å². The molecule has 0 fully saturated rings. The van der Waals surface area contributed by atoms with Crippen LogP contribution in [0.25, 0.3) is 0 Å². The summed E-state index contributed by atoms with van der Waals surface area (Å²) < 4.78 is 0. The van der Waals surface area contributed by atoms with Crippen LogP contribution in [-0.2, 0) is 10.2 Å². The quantitative estimate of drug-likeness (QED) is 0.831. The lowest BCUT2D eigenvalue weighted by Gasteiger charge is -2.21. The zero-order valence-corrected chi connectivity index (χ0v) is 13.7. The minimum absolute atomic E-state index is 0.0181. The molecule has 0 aliphatic carbocycles. The summed E-state index contributed by atoms with van der Waals surface area (Å²) in [5.74, 6) is -1.79. The van der Waals surface area contributed by atoms with Crippen molar-refractivity contribution in [2.75, 3.05) is 0 Å². The van der Waals surface area contributed by atoms with Crippen molar-refractivity contribution in [1.82, 2.24) is 0 Å². The molecule has 120 valence electrons. The summed E-state index contributed by atoms with van der Waals surface area (Å²) in [6, 6.07) is 16.5. The van der Waals surface area contributed by atoms with Crippen LogP contribution in [0.3, 0.4) is 0 Å². The van der Waals surface area contributed by atoms with Gasteiger partial charge < -0.3 is 5.11 Å². The number of benzene rings is 2. The van der Waals surface area contributed by atoms with Crippen LogP contribution >= 0.6 is 0 Å². The van der Waals surface area contributed by atoms with Crippen LogP contribution < -0.4 is 0 Å². The third-order valence-electron chi connectivity index (χ3n) is 3.93. The SMILES string of the molecule is CC(C)(C)c1ccc(C(CC(=O)O)C(=O)c2ccccc2)cc1. The van der Waals surface area contributed by atoms with Crippen LogP contribution in [0.4, 0.5) is 0 Å². The molecule has 1 atom stereocenters. The van der Waals surface area contributed by atoms with E-state index in [0.29, 0.717) is 5.56 Å². The first-order valence-corrected chi connectivity index (χ1v) is 7.70. The second kappa shape index (κ2) is 6.78. The molecule has 0 amide bonds. The predicted molar refractivity (Wildman–Crippen MR) is 90.9 cm³/mol. The number of carboxylic acids is 1. The fraction of sp³-hybridized carbons (Fsp3) is 0.300. The monoisotopic (exact) mass is 310 g/mol. The van der Waals surface area contributed by atoms with E-state index in [1.807, 2.05) is 30.3 Å². The number of ketones is 1. The Kier molecular flexibility index (Phi) is 4.99. The summed E-state index contributed by atoms with van der Waals surface area (Å²) in [5.41, 5.74) is 2.46. The van der Waals surface area contributed by atoms with E-state index in [4.69, 9.17) is 0 Å². The molecule has 0 bridgehead atoms. The highest BCUT2D eigenvalue weighted by molar-refractivity contribution is 6.02. The number of hydrogen-bond acceptors (Lipinski definition) is 2. The third-order valence-corrected chi connectivity index (χ3v) is 3.93. The minimum Gasteiger partial charge on any atom is -0.481 e. The largest absolute Gasteiger partial charge is 0.481 e. The summed E-state index contributed by atoms with van der Waals surface area (Å²) in [6.07, 6.45) is -0.206. The number of carboxylic acid groups (broad SMARTS) is 1. The molecule has 2 aromatic rings. The first-order valence-electron chi connectivity index (χ1n) is 7.70. The van der Waals surface area contributed by atoms with Crippen LogP contribution in [0, 0.1) is 0 Å². The van der Waals surface area contributed by atoms with Crippen LogP contribution in [0.5, 0.6) is 0 Å². The average Bonchev–Trinajstić information content (AvgIpc) is 2.52. The van der Waals surface area contributed by atoms with E-state index >= 15 is 0 Å². The number of aliphatic carboxylic acids is 1. The summed E-state index contributed by atoms with van der Waals surface area (Å²) in [6.45, 7) is 6.35. The first kappa shape index (κ1) is 16.9. The first-order chi connectivity index (χ1) is 10.8. The third kappa shape index (κ3) is 4.28. The Labute approximate surface area is 137 Å². The summed E-state index contributed by atoms with van der Waals surface area (Å²) in [7, 11) is 0. The highest BCUT2D eigenvalue weighted by Gasteiger charge is 2.25. The van der Waals surface area contributed by atoms with E-state index in [9.17, 15) is 14.7 Å². The van der Waals surface area contributed by atoms with Crippen molar-refractivity contribution in [2.24, 2.45) is 0 Å². The Bertz CT molecular complexity index is 679.